The number of phenols is 1. The molecule has 43 heteroatoms. The second-order valence-electron chi connectivity index (χ2n) is 34.4. The smallest absolute Gasteiger partial charge is 0.303 e. The number of guanidine groups is 1. The van der Waals surface area contributed by atoms with Gasteiger partial charge in [0.2, 0.25) is 88.6 Å². The van der Waals surface area contributed by atoms with Crippen LogP contribution in [0.15, 0.2) is 85.2 Å². The van der Waals surface area contributed by atoms with Gasteiger partial charge in [0, 0.05) is 112 Å². The number of benzene rings is 3. The highest BCUT2D eigenvalue weighted by atomic mass is 32.2. The first-order valence-electron chi connectivity index (χ1n) is 45.5. The van der Waals surface area contributed by atoms with Gasteiger partial charge in [-0.25, -0.2) is 0 Å². The highest BCUT2D eigenvalue weighted by Gasteiger charge is 2.47. The Morgan fingerprint density at radius 1 is 0.534 bits per heavy atom. The number of hydrogen-bond donors (Lipinski definition) is 21. The number of nitrogens with two attached hydrogens (primary N) is 2. The van der Waals surface area contributed by atoms with Gasteiger partial charge in [-0.2, -0.15) is 0 Å². The van der Waals surface area contributed by atoms with Crippen LogP contribution in [0.2, 0.25) is 0 Å². The molecule has 0 radical (unpaired) electrons. The molecular weight excluding hydrogens is 1740 g/mol. The number of amides is 15. The number of thioether (sulfide) groups is 1. The fourth-order valence-electron chi connectivity index (χ4n) is 17.2. The summed E-state index contributed by atoms with van der Waals surface area (Å²) in [6.45, 7) is 4.47. The zero-order chi connectivity index (χ0) is 96.9. The lowest BCUT2D eigenvalue weighted by atomic mass is 9.97. The zero-order valence-electron chi connectivity index (χ0n) is 75.9. The number of fused-ring (bicyclic) bond motifs is 5. The van der Waals surface area contributed by atoms with Crippen molar-refractivity contribution in [1.29, 1.82) is 5.41 Å². The molecule has 0 saturated carbocycles. The topological polar surface area (TPSA) is 630 Å². The standard InChI is InChI=1S/C90H129N21O21S/c1-7-10-26-68-81(124)100-60(25-18-36-94-90(92)93)78(121)106-67(77(120)97-45-73(91)115)48-133-49-74(116)99-64(39-51-30-32-54(113)33-31-51)88(131)109-37-17-16-28-69(109)83(126)102-62(34-35-75(117)118)86(129)110-38-19-29-70(110)82(125)98-50(4)76(119)101-61(20-9-3)87(130)111-46-55(114)42-72(111)84(127)103-63(40-52-43-95-58-23-14-12-21-56(52)58)79(122)105-66(47-112)80(123)104-65(41-53-44-96-59-24-15-13-22-57(53)59)85(128)108(6)71(27-11-8-2)89(132)107(68)5/h12-15,21-24,30-33,43-44,50,55,60-72,77,95-97,112-114,120H,7-11,16-20,25-29,34-42,45-49H2,1-6H3,(H2,91,115)(H,98,125)(H,99,116)(H,100,124)(H,101,119)(H,102,126)(H,103,127)(H,104,123)(H,105,122)(H,106,121)(H,117,118)(H4,92,93,94). The third-order valence-corrected chi connectivity index (χ3v) is 25.6. The number of aliphatic hydroxyl groups excluding tert-OH is 3. The summed E-state index contributed by atoms with van der Waals surface area (Å²) in [5, 5.41) is 93.2. The van der Waals surface area contributed by atoms with Gasteiger partial charge in [0.1, 0.15) is 90.5 Å². The summed E-state index contributed by atoms with van der Waals surface area (Å²) < 4.78 is 0. The van der Waals surface area contributed by atoms with E-state index in [1.807, 2.05) is 13.8 Å². The van der Waals surface area contributed by atoms with Gasteiger partial charge in [0.15, 0.2) is 5.96 Å². The Labute approximate surface area is 774 Å². The molecule has 4 aliphatic heterocycles. The van der Waals surface area contributed by atoms with E-state index in [0.29, 0.717) is 77.0 Å². The fraction of sp³-hybridized carbons (Fsp3) is 0.567. The van der Waals surface area contributed by atoms with Crippen LogP contribution < -0.4 is 70.0 Å². The number of hydrogen-bond acceptors (Lipinski definition) is 23. The molecule has 0 spiro atoms. The molecule has 23 N–H and O–H groups in total. The predicted molar refractivity (Wildman–Crippen MR) is 490 cm³/mol. The zero-order valence-corrected chi connectivity index (χ0v) is 76.7. The van der Waals surface area contributed by atoms with E-state index in [-0.39, 0.29) is 115 Å². The summed E-state index contributed by atoms with van der Waals surface area (Å²) in [4.78, 5) is 247. The van der Waals surface area contributed by atoms with Gasteiger partial charge in [0.05, 0.1) is 31.1 Å². The molecule has 16 unspecified atom stereocenters. The highest BCUT2D eigenvalue weighted by Crippen LogP contribution is 2.29. The van der Waals surface area contributed by atoms with Crippen molar-refractivity contribution < 1.29 is 102 Å². The number of carboxylic acids is 1. The number of aromatic amines is 2. The molecule has 0 bridgehead atoms. The minimum Gasteiger partial charge on any atom is -0.508 e. The van der Waals surface area contributed by atoms with Crippen LogP contribution >= 0.6 is 11.8 Å². The van der Waals surface area contributed by atoms with E-state index in [9.17, 15) is 59.1 Å². The van der Waals surface area contributed by atoms with Crippen LogP contribution in [0.1, 0.15) is 160 Å². The van der Waals surface area contributed by atoms with E-state index >= 15 is 43.2 Å². The summed E-state index contributed by atoms with van der Waals surface area (Å²) in [5.74, 6) is -15.9. The minimum absolute atomic E-state index is 0.00191. The number of aliphatic carboxylic acids is 1. The average Bonchev–Trinajstić information content (AvgIpc) is 1.50. The minimum atomic E-state index is -1.88. The molecular formula is C90H129N21O21S. The highest BCUT2D eigenvalue weighted by molar-refractivity contribution is 8.00. The van der Waals surface area contributed by atoms with Gasteiger partial charge in [-0.1, -0.05) is 101 Å². The van der Waals surface area contributed by atoms with E-state index in [2.05, 4.69) is 68.5 Å². The summed E-state index contributed by atoms with van der Waals surface area (Å²) in [7, 11) is 2.71. The number of phenolic OH excluding ortho intramolecular Hbond substituents is 1. The number of H-pyrrole nitrogens is 2. The number of nitrogens with one attached hydrogen (secondary N) is 14. The van der Waals surface area contributed by atoms with Gasteiger partial charge in [-0.15, -0.1) is 11.8 Å². The number of carbonyl (C=O) groups is 16. The van der Waals surface area contributed by atoms with Crippen LogP contribution in [0.5, 0.6) is 5.75 Å². The number of para-hydroxylation sites is 2. The summed E-state index contributed by atoms with van der Waals surface area (Å²) >= 11 is 0.843. The molecule has 4 fully saturated rings. The van der Waals surface area contributed by atoms with Gasteiger partial charge < -0.3 is 125 Å². The lowest BCUT2D eigenvalue weighted by Crippen LogP contribution is -2.61. The molecule has 15 amide bonds. The molecule has 6 heterocycles. The maximum Gasteiger partial charge on any atom is 0.303 e. The van der Waals surface area contributed by atoms with Crippen molar-refractivity contribution in [3.8, 4) is 5.75 Å². The molecule has 16 atom stereocenters. The van der Waals surface area contributed by atoms with Crippen LogP contribution in [-0.2, 0) is 96.0 Å². The van der Waals surface area contributed by atoms with Crippen molar-refractivity contribution in [3.05, 3.63) is 102 Å². The largest absolute Gasteiger partial charge is 0.508 e. The van der Waals surface area contributed by atoms with Gasteiger partial charge >= 0.3 is 5.97 Å². The first-order valence-corrected chi connectivity index (χ1v) is 46.6. The molecule has 726 valence electrons. The third-order valence-electron chi connectivity index (χ3n) is 24.5. The number of carboxylic acid groups (broad SMARTS) is 1. The van der Waals surface area contributed by atoms with Crippen molar-refractivity contribution in [2.75, 3.05) is 64.9 Å². The number of rotatable bonds is 26. The lowest BCUT2D eigenvalue weighted by molar-refractivity contribution is -0.149. The van der Waals surface area contributed by atoms with Crippen molar-refractivity contribution in [2.24, 2.45) is 11.5 Å². The predicted octanol–water partition coefficient (Wildman–Crippen LogP) is -1.81. The van der Waals surface area contributed by atoms with Crippen LogP contribution in [0.4, 0.5) is 0 Å². The lowest BCUT2D eigenvalue weighted by Gasteiger charge is -2.38. The second kappa shape index (κ2) is 50.4. The van der Waals surface area contributed by atoms with E-state index in [0.717, 1.165) is 31.4 Å². The summed E-state index contributed by atoms with van der Waals surface area (Å²) in [5.41, 5.74) is 13.9. The van der Waals surface area contributed by atoms with E-state index in [1.54, 1.807) is 67.8 Å². The Balaban J connectivity index is 1.09. The van der Waals surface area contributed by atoms with E-state index in [4.69, 9.17) is 16.9 Å². The Kier molecular flexibility index (Phi) is 39.5. The average molecular weight is 1870 g/mol. The monoisotopic (exact) mass is 1870 g/mol. The second-order valence-corrected chi connectivity index (χ2v) is 35.4. The first-order chi connectivity index (χ1) is 63.5. The molecule has 5 aromatic rings. The summed E-state index contributed by atoms with van der Waals surface area (Å²) in [6, 6.07) is -0.953. The number of aromatic nitrogens is 2. The molecule has 4 aliphatic rings. The first kappa shape index (κ1) is 104. The van der Waals surface area contributed by atoms with Crippen molar-refractivity contribution in [3.63, 3.8) is 0 Å². The SMILES string of the molecule is CCCCC1C(=O)N(C)C(CCCC)C(=O)NC(CCCNC(=N)N)C(=O)NC(C(O)NCC(N)=O)CSCC(=O)NC(Cc2ccc(O)cc2)C(=O)N2CCCCC2C(=O)NC(CCC(=O)O)C(=O)N2CCCC2C(=O)NC(C)C(=O)NC(CCC)C(=O)N2CC(O)CC2C(=O)NC(Cc2c[nH]c3ccccc23)C(=O)NC(CO)C(=O)NC(Cc2c[nH]c3ccccc23)C(=O)N1C. The molecule has 2 aromatic heterocycles. The number of aliphatic hydroxyl groups is 3. The Bertz CT molecular complexity index is 4940. The van der Waals surface area contributed by atoms with E-state index < -0.39 is 236 Å². The Morgan fingerprint density at radius 3 is 1.67 bits per heavy atom. The maximum absolute atomic E-state index is 15.7. The van der Waals surface area contributed by atoms with Crippen LogP contribution in [0.25, 0.3) is 21.8 Å². The van der Waals surface area contributed by atoms with Crippen molar-refractivity contribution in [1.82, 2.24) is 93.0 Å². The number of nitrogens with zero attached hydrogens (tertiary/aromatic N) is 5. The number of likely N-dealkylation sites (N-methyl/N-ethyl adjacent to an activating group) is 2. The maximum atomic E-state index is 15.7. The van der Waals surface area contributed by atoms with Crippen LogP contribution in [0.3, 0.4) is 0 Å². The van der Waals surface area contributed by atoms with Crippen molar-refractivity contribution in [2.45, 2.75) is 259 Å². The Hall–Kier alpha value is -12.5. The van der Waals surface area contributed by atoms with E-state index in [1.165, 1.54) is 50.2 Å². The number of piperidine rings is 1. The third kappa shape index (κ3) is 29.0. The molecule has 0 aliphatic carbocycles. The van der Waals surface area contributed by atoms with Gasteiger partial charge in [0.25, 0.3) is 0 Å². The fourth-order valence-corrected chi connectivity index (χ4v) is 18.1. The summed E-state index contributed by atoms with van der Waals surface area (Å²) in [6.07, 6.45) is 0.658. The molecule has 4 saturated heterocycles. The number of unbranched alkanes of at least 4 members (excludes halogenated alkanes) is 2. The normalized spacial score (nSPS) is 25.7. The number of primary amides is 1. The number of carbonyl (C=O) groups excluding carboxylic acids is 15. The molecule has 133 heavy (non-hydrogen) atoms. The van der Waals surface area contributed by atoms with Crippen LogP contribution in [-0.4, -0.2) is 322 Å². The molecule has 42 nitrogen and oxygen atoms in total. The van der Waals surface area contributed by atoms with Crippen LogP contribution in [0, 0.1) is 5.41 Å². The van der Waals surface area contributed by atoms with Gasteiger partial charge in [-0.3, -0.25) is 87.4 Å². The Morgan fingerprint density at radius 2 is 1.05 bits per heavy atom. The number of aromatic hydroxyl groups is 1. The quantitative estimate of drug-likeness (QED) is 0.0126. The molecule has 3 aromatic carbocycles. The molecule has 9 rings (SSSR count). The van der Waals surface area contributed by atoms with Crippen molar-refractivity contribution >= 4 is 134 Å². The van der Waals surface area contributed by atoms with Gasteiger partial charge in [-0.05, 0) is 119 Å².